The molecule has 0 aromatic heterocycles. The zero-order valence-electron chi connectivity index (χ0n) is 22.2. The quantitative estimate of drug-likeness (QED) is 0.163. The summed E-state index contributed by atoms with van der Waals surface area (Å²) in [5.41, 5.74) is -1.09. The Morgan fingerprint density at radius 2 is 0.854 bits per heavy atom. The summed E-state index contributed by atoms with van der Waals surface area (Å²) in [6, 6.07) is 14.6. The van der Waals surface area contributed by atoms with E-state index in [4.69, 9.17) is 8.37 Å². The van der Waals surface area contributed by atoms with Crippen LogP contribution in [0.3, 0.4) is 0 Å². The lowest BCUT2D eigenvalue weighted by Gasteiger charge is -2.27. The van der Waals surface area contributed by atoms with Gasteiger partial charge in [-0.15, -0.1) is 0 Å². The molecule has 0 aliphatic heterocycles. The van der Waals surface area contributed by atoms with E-state index >= 15 is 17.6 Å². The Balaban J connectivity index is 1.68. The molecule has 4 aromatic carbocycles. The van der Waals surface area contributed by atoms with Crippen molar-refractivity contribution in [2.45, 2.75) is 42.9 Å². The van der Waals surface area contributed by atoms with Gasteiger partial charge < -0.3 is 8.37 Å². The van der Waals surface area contributed by atoms with Gasteiger partial charge in [-0.2, -0.15) is 16.8 Å². The molecule has 0 atom stereocenters. The van der Waals surface area contributed by atoms with E-state index in [1.807, 2.05) is 0 Å². The maximum absolute atomic E-state index is 15.0. The molecule has 0 radical (unpaired) electrons. The van der Waals surface area contributed by atoms with Gasteiger partial charge in [0.05, 0.1) is 0 Å². The molecule has 6 nitrogen and oxygen atoms in total. The third-order valence-corrected chi connectivity index (χ3v) is 9.32. The minimum absolute atomic E-state index is 0.117. The lowest BCUT2D eigenvalue weighted by atomic mass is 9.78. The first-order valence-electron chi connectivity index (χ1n) is 12.0. The number of halogens is 4. The van der Waals surface area contributed by atoms with Gasteiger partial charge in [-0.3, -0.25) is 0 Å². The second-order valence-corrected chi connectivity index (χ2v) is 12.8. The summed E-state index contributed by atoms with van der Waals surface area (Å²) in [4.78, 5) is -0.554. The molecule has 0 amide bonds. The molecule has 216 valence electrons. The summed E-state index contributed by atoms with van der Waals surface area (Å²) < 4.78 is 120. The first-order valence-corrected chi connectivity index (χ1v) is 14.9. The number of hydrogen-bond acceptors (Lipinski definition) is 6. The number of aryl methyl sites for hydroxylation is 2. The van der Waals surface area contributed by atoms with Crippen molar-refractivity contribution in [1.29, 1.82) is 0 Å². The maximum Gasteiger partial charge on any atom is 0.339 e. The largest absolute Gasteiger partial charge is 0.373 e. The first-order chi connectivity index (χ1) is 19.0. The van der Waals surface area contributed by atoms with Gasteiger partial charge in [0, 0.05) is 5.41 Å². The molecule has 4 rings (SSSR count). The standard InChI is InChI=1S/C29H24F4O6S2/c1-17-9-5-7-11-25(17)40(34,35)38-27-21(30)13-19(14-22(27)31)29(3,4)20-15-23(32)28(24(33)16-20)39-41(36,37)26-12-8-6-10-18(26)2/h5-16H,1-4H3. The predicted octanol–water partition coefficient (Wildman–Crippen LogP) is 6.72. The van der Waals surface area contributed by atoms with Gasteiger partial charge in [0.15, 0.2) is 23.3 Å². The van der Waals surface area contributed by atoms with E-state index in [1.165, 1.54) is 64.1 Å². The highest BCUT2D eigenvalue weighted by atomic mass is 32.2. The Bertz CT molecular complexity index is 1690. The van der Waals surface area contributed by atoms with E-state index in [1.54, 1.807) is 12.1 Å². The number of rotatable bonds is 8. The normalized spacial score (nSPS) is 12.3. The zero-order valence-corrected chi connectivity index (χ0v) is 23.8. The van der Waals surface area contributed by atoms with Crippen molar-refractivity contribution in [1.82, 2.24) is 0 Å². The van der Waals surface area contributed by atoms with Gasteiger partial charge in [0.25, 0.3) is 0 Å². The zero-order chi connectivity index (χ0) is 30.3. The first kappa shape index (κ1) is 30.1. The molecule has 0 bridgehead atoms. The van der Waals surface area contributed by atoms with E-state index in [0.717, 1.165) is 24.3 Å². The molecule has 0 aliphatic carbocycles. The van der Waals surface area contributed by atoms with Crippen LogP contribution in [-0.4, -0.2) is 16.8 Å². The molecule has 0 fully saturated rings. The van der Waals surface area contributed by atoms with Crippen molar-refractivity contribution in [3.63, 3.8) is 0 Å². The van der Waals surface area contributed by atoms with E-state index in [0.29, 0.717) is 11.1 Å². The van der Waals surface area contributed by atoms with Crippen LogP contribution in [0.1, 0.15) is 36.1 Å². The van der Waals surface area contributed by atoms with Crippen LogP contribution in [0.4, 0.5) is 17.6 Å². The highest BCUT2D eigenvalue weighted by Crippen LogP contribution is 2.39. The number of hydrogen-bond donors (Lipinski definition) is 0. The lowest BCUT2D eigenvalue weighted by Crippen LogP contribution is -2.21. The Morgan fingerprint density at radius 3 is 1.15 bits per heavy atom. The molecule has 0 heterocycles. The fourth-order valence-electron chi connectivity index (χ4n) is 4.15. The van der Waals surface area contributed by atoms with Gasteiger partial charge in [-0.05, 0) is 72.5 Å². The van der Waals surface area contributed by atoms with Crippen LogP contribution in [0.2, 0.25) is 0 Å². The molecule has 12 heteroatoms. The summed E-state index contributed by atoms with van der Waals surface area (Å²) in [7, 11) is -9.17. The van der Waals surface area contributed by atoms with Crippen LogP contribution in [0.25, 0.3) is 0 Å². The van der Waals surface area contributed by atoms with Gasteiger partial charge in [0.2, 0.25) is 11.5 Å². The molecule has 41 heavy (non-hydrogen) atoms. The molecular weight excluding hydrogens is 584 g/mol. The molecular formula is C29H24F4O6S2. The van der Waals surface area contributed by atoms with E-state index in [2.05, 4.69) is 0 Å². The average molecular weight is 609 g/mol. The highest BCUT2D eigenvalue weighted by molar-refractivity contribution is 7.87. The monoisotopic (exact) mass is 608 g/mol. The Hall–Kier alpha value is -3.90. The molecule has 0 unspecified atom stereocenters. The third-order valence-electron chi connectivity index (χ3n) is 6.55. The predicted molar refractivity (Wildman–Crippen MR) is 143 cm³/mol. The Kier molecular flexibility index (Phi) is 7.94. The van der Waals surface area contributed by atoms with Crippen molar-refractivity contribution in [3.05, 3.63) is 118 Å². The van der Waals surface area contributed by atoms with Crippen molar-refractivity contribution in [2.75, 3.05) is 0 Å². The molecule has 0 N–H and O–H groups in total. The average Bonchev–Trinajstić information content (AvgIpc) is 2.88. The summed E-state index contributed by atoms with van der Waals surface area (Å²) in [6.45, 7) is 5.79. The van der Waals surface area contributed by atoms with Crippen LogP contribution in [0.5, 0.6) is 11.5 Å². The van der Waals surface area contributed by atoms with E-state index < -0.39 is 60.4 Å². The Labute approximate surface area is 235 Å². The second kappa shape index (κ2) is 10.8. The smallest absolute Gasteiger partial charge is 0.339 e. The van der Waals surface area contributed by atoms with Crippen LogP contribution in [-0.2, 0) is 25.7 Å². The molecule has 0 aliphatic rings. The van der Waals surface area contributed by atoms with Crippen molar-refractivity contribution in [3.8, 4) is 11.5 Å². The third kappa shape index (κ3) is 5.94. The fourth-order valence-corrected chi connectivity index (χ4v) is 6.50. The maximum atomic E-state index is 15.0. The second-order valence-electron chi connectivity index (χ2n) is 9.77. The molecule has 0 spiro atoms. The SMILES string of the molecule is Cc1ccccc1S(=O)(=O)Oc1c(F)cc(C(C)(C)c2cc(F)c(OS(=O)(=O)c3ccccc3C)c(F)c2)cc1F. The summed E-state index contributed by atoms with van der Waals surface area (Å²) in [6.07, 6.45) is 0. The summed E-state index contributed by atoms with van der Waals surface area (Å²) in [5.74, 6) is -7.80. The van der Waals surface area contributed by atoms with Crippen LogP contribution in [0, 0.1) is 37.1 Å². The van der Waals surface area contributed by atoms with E-state index in [9.17, 15) is 16.8 Å². The molecule has 4 aromatic rings. The van der Waals surface area contributed by atoms with Crippen LogP contribution in [0.15, 0.2) is 82.6 Å². The Morgan fingerprint density at radius 1 is 0.561 bits per heavy atom. The van der Waals surface area contributed by atoms with Crippen molar-refractivity contribution in [2.24, 2.45) is 0 Å². The lowest BCUT2D eigenvalue weighted by molar-refractivity contribution is 0.427. The minimum Gasteiger partial charge on any atom is -0.373 e. The van der Waals surface area contributed by atoms with Gasteiger partial charge in [-0.1, -0.05) is 50.2 Å². The van der Waals surface area contributed by atoms with Gasteiger partial charge >= 0.3 is 20.2 Å². The molecule has 0 saturated heterocycles. The van der Waals surface area contributed by atoms with Gasteiger partial charge in [0.1, 0.15) is 9.79 Å². The van der Waals surface area contributed by atoms with Crippen molar-refractivity contribution >= 4 is 20.2 Å². The fraction of sp³-hybridized carbons (Fsp3) is 0.172. The highest BCUT2D eigenvalue weighted by Gasteiger charge is 2.32. The molecule has 0 saturated carbocycles. The topological polar surface area (TPSA) is 86.7 Å². The minimum atomic E-state index is -4.59. The summed E-state index contributed by atoms with van der Waals surface area (Å²) >= 11 is 0. The van der Waals surface area contributed by atoms with Gasteiger partial charge in [-0.25, -0.2) is 17.6 Å². The van der Waals surface area contributed by atoms with Crippen molar-refractivity contribution < 1.29 is 42.8 Å². The van der Waals surface area contributed by atoms with Crippen LogP contribution >= 0.6 is 0 Å². The number of benzene rings is 4. The summed E-state index contributed by atoms with van der Waals surface area (Å²) in [5, 5.41) is 0. The van der Waals surface area contributed by atoms with E-state index in [-0.39, 0.29) is 20.9 Å². The van der Waals surface area contributed by atoms with Crippen LogP contribution < -0.4 is 8.37 Å².